The van der Waals surface area contributed by atoms with Gasteiger partial charge in [-0.2, -0.15) is 0 Å². The molecule has 1 aliphatic rings. The number of rotatable bonds is 3. The third-order valence-corrected chi connectivity index (χ3v) is 3.46. The number of Topliss-reactive ketones (excluding diaryl/α,β-unsaturated/α-hetero) is 1. The number of imide groups is 1. The summed E-state index contributed by atoms with van der Waals surface area (Å²) in [6.07, 6.45) is 0.194. The summed E-state index contributed by atoms with van der Waals surface area (Å²) >= 11 is 0. The zero-order valence-corrected chi connectivity index (χ0v) is 12.8. The van der Waals surface area contributed by atoms with Gasteiger partial charge in [0.15, 0.2) is 5.78 Å². The Kier molecular flexibility index (Phi) is 3.58. The third kappa shape index (κ3) is 2.66. The van der Waals surface area contributed by atoms with E-state index in [1.807, 2.05) is 20.8 Å². The van der Waals surface area contributed by atoms with Gasteiger partial charge in [0.05, 0.1) is 11.1 Å². The minimum Gasteiger partial charge on any atom is -0.294 e. The van der Waals surface area contributed by atoms with E-state index in [9.17, 15) is 14.4 Å². The van der Waals surface area contributed by atoms with Crippen LogP contribution in [0.3, 0.4) is 0 Å². The standard InChI is InChI=1S/C17H19NO3/c1-10(2)14(19)9-11-6-7-12-13(8-11)16(21)18(15(12)20)17(3,4)5/h6-8H,1,9H2,2-5H3. The quantitative estimate of drug-likeness (QED) is 0.634. The molecule has 0 saturated heterocycles. The van der Waals surface area contributed by atoms with Crippen LogP contribution in [-0.4, -0.2) is 28.0 Å². The lowest BCUT2D eigenvalue weighted by molar-refractivity contribution is -0.114. The van der Waals surface area contributed by atoms with Gasteiger partial charge in [0.1, 0.15) is 0 Å². The lowest BCUT2D eigenvalue weighted by Crippen LogP contribution is -2.45. The molecule has 0 atom stereocenters. The first-order chi connectivity index (χ1) is 9.62. The van der Waals surface area contributed by atoms with Crippen LogP contribution in [-0.2, 0) is 11.2 Å². The number of nitrogens with zero attached hydrogens (tertiary/aromatic N) is 1. The van der Waals surface area contributed by atoms with Crippen molar-refractivity contribution >= 4 is 17.6 Å². The second-order valence-electron chi connectivity index (χ2n) is 6.38. The minimum atomic E-state index is -0.569. The van der Waals surface area contributed by atoms with E-state index in [1.165, 1.54) is 4.90 Å². The Bertz CT molecular complexity index is 665. The second kappa shape index (κ2) is 4.95. The highest BCUT2D eigenvalue weighted by atomic mass is 16.2. The number of hydrogen-bond donors (Lipinski definition) is 0. The van der Waals surface area contributed by atoms with Gasteiger partial charge in [0.2, 0.25) is 0 Å². The molecule has 1 aromatic carbocycles. The molecular formula is C17H19NO3. The Labute approximate surface area is 124 Å². The molecule has 1 aromatic rings. The van der Waals surface area contributed by atoms with Crippen molar-refractivity contribution in [3.63, 3.8) is 0 Å². The number of fused-ring (bicyclic) bond motifs is 1. The Morgan fingerprint density at radius 2 is 1.71 bits per heavy atom. The van der Waals surface area contributed by atoms with Gasteiger partial charge in [-0.3, -0.25) is 19.3 Å². The second-order valence-corrected chi connectivity index (χ2v) is 6.38. The van der Waals surface area contributed by atoms with E-state index in [0.29, 0.717) is 16.7 Å². The van der Waals surface area contributed by atoms with Gasteiger partial charge in [-0.1, -0.05) is 12.6 Å². The van der Waals surface area contributed by atoms with E-state index < -0.39 is 5.54 Å². The normalized spacial score (nSPS) is 14.4. The van der Waals surface area contributed by atoms with Gasteiger partial charge < -0.3 is 0 Å². The van der Waals surface area contributed by atoms with Gasteiger partial charge in [-0.15, -0.1) is 0 Å². The third-order valence-electron chi connectivity index (χ3n) is 3.46. The summed E-state index contributed by atoms with van der Waals surface area (Å²) in [5, 5.41) is 0. The van der Waals surface area contributed by atoms with Crippen LogP contribution in [0.1, 0.15) is 54.0 Å². The molecule has 0 aliphatic carbocycles. The minimum absolute atomic E-state index is 0.0700. The molecule has 1 heterocycles. The van der Waals surface area contributed by atoms with E-state index in [2.05, 4.69) is 6.58 Å². The van der Waals surface area contributed by atoms with Crippen molar-refractivity contribution in [1.29, 1.82) is 0 Å². The summed E-state index contributed by atoms with van der Waals surface area (Å²) < 4.78 is 0. The molecule has 110 valence electrons. The number of allylic oxidation sites excluding steroid dienone is 1. The average molecular weight is 285 g/mol. The van der Waals surface area contributed by atoms with Crippen LogP contribution in [0.2, 0.25) is 0 Å². The zero-order chi connectivity index (χ0) is 15.9. The molecular weight excluding hydrogens is 266 g/mol. The fourth-order valence-corrected chi connectivity index (χ4v) is 2.34. The molecule has 21 heavy (non-hydrogen) atoms. The van der Waals surface area contributed by atoms with Crippen molar-refractivity contribution in [3.05, 3.63) is 47.0 Å². The lowest BCUT2D eigenvalue weighted by atomic mass is 10.0. The SMILES string of the molecule is C=C(C)C(=O)Cc1ccc2c(c1)C(=O)N(C(C)(C)C)C2=O. The predicted octanol–water partition coefficient (Wildman–Crippen LogP) is 2.77. The van der Waals surface area contributed by atoms with Crippen molar-refractivity contribution in [2.24, 2.45) is 0 Å². The molecule has 4 heteroatoms. The maximum absolute atomic E-state index is 12.4. The molecule has 0 unspecified atom stereocenters. The van der Waals surface area contributed by atoms with Crippen LogP contribution in [0.5, 0.6) is 0 Å². The first-order valence-corrected chi connectivity index (χ1v) is 6.83. The summed E-state index contributed by atoms with van der Waals surface area (Å²) in [5.74, 6) is -0.646. The predicted molar refractivity (Wildman–Crippen MR) is 80.2 cm³/mol. The fraction of sp³-hybridized carbons (Fsp3) is 0.353. The molecule has 0 spiro atoms. The van der Waals surface area contributed by atoms with E-state index in [0.717, 1.165) is 5.56 Å². The first-order valence-electron chi connectivity index (χ1n) is 6.83. The van der Waals surface area contributed by atoms with Crippen molar-refractivity contribution in [2.45, 2.75) is 39.7 Å². The maximum atomic E-state index is 12.4. The van der Waals surface area contributed by atoms with E-state index in [-0.39, 0.29) is 24.0 Å². The van der Waals surface area contributed by atoms with Gasteiger partial charge in [0, 0.05) is 12.0 Å². The van der Waals surface area contributed by atoms with Gasteiger partial charge in [-0.05, 0) is 51.0 Å². The van der Waals surface area contributed by atoms with Crippen LogP contribution < -0.4 is 0 Å². The molecule has 0 fully saturated rings. The topological polar surface area (TPSA) is 54.5 Å². The van der Waals surface area contributed by atoms with E-state index in [4.69, 9.17) is 0 Å². The van der Waals surface area contributed by atoms with Gasteiger partial charge >= 0.3 is 0 Å². The van der Waals surface area contributed by atoms with Crippen LogP contribution in [0, 0.1) is 0 Å². The molecule has 0 N–H and O–H groups in total. The number of carbonyl (C=O) groups is 3. The molecule has 2 rings (SSSR count). The van der Waals surface area contributed by atoms with Crippen LogP contribution in [0.25, 0.3) is 0 Å². The van der Waals surface area contributed by atoms with Crippen LogP contribution >= 0.6 is 0 Å². The van der Waals surface area contributed by atoms with Crippen molar-refractivity contribution in [2.75, 3.05) is 0 Å². The summed E-state index contributed by atoms with van der Waals surface area (Å²) in [6.45, 7) is 10.7. The van der Waals surface area contributed by atoms with Crippen molar-refractivity contribution in [3.8, 4) is 0 Å². The molecule has 4 nitrogen and oxygen atoms in total. The Hall–Kier alpha value is -2.23. The highest BCUT2D eigenvalue weighted by molar-refractivity contribution is 6.22. The van der Waals surface area contributed by atoms with Crippen LogP contribution in [0.4, 0.5) is 0 Å². The molecule has 0 aromatic heterocycles. The number of benzene rings is 1. The first kappa shape index (κ1) is 15.2. The smallest absolute Gasteiger partial charge is 0.262 e. The Morgan fingerprint density at radius 3 is 2.24 bits per heavy atom. The van der Waals surface area contributed by atoms with Crippen molar-refractivity contribution in [1.82, 2.24) is 4.90 Å². The molecule has 0 saturated carbocycles. The molecule has 0 radical (unpaired) electrons. The van der Waals surface area contributed by atoms with Gasteiger partial charge in [0.25, 0.3) is 11.8 Å². The van der Waals surface area contributed by atoms with Gasteiger partial charge in [-0.25, -0.2) is 0 Å². The summed E-state index contributed by atoms with van der Waals surface area (Å²) in [5.41, 5.74) is 1.41. The number of carbonyl (C=O) groups excluding carboxylic acids is 3. The summed E-state index contributed by atoms with van der Waals surface area (Å²) in [6, 6.07) is 4.99. The molecule has 1 aliphatic heterocycles. The molecule has 0 bridgehead atoms. The summed E-state index contributed by atoms with van der Waals surface area (Å²) in [7, 11) is 0. The highest BCUT2D eigenvalue weighted by Crippen LogP contribution is 2.30. The average Bonchev–Trinajstić information content (AvgIpc) is 2.60. The molecule has 2 amide bonds. The highest BCUT2D eigenvalue weighted by Gasteiger charge is 2.41. The van der Waals surface area contributed by atoms with E-state index in [1.54, 1.807) is 25.1 Å². The number of amides is 2. The van der Waals surface area contributed by atoms with Crippen molar-refractivity contribution < 1.29 is 14.4 Å². The number of hydrogen-bond acceptors (Lipinski definition) is 3. The zero-order valence-electron chi connectivity index (χ0n) is 12.8. The summed E-state index contributed by atoms with van der Waals surface area (Å²) in [4.78, 5) is 37.7. The van der Waals surface area contributed by atoms with Crippen LogP contribution in [0.15, 0.2) is 30.4 Å². The number of ketones is 1. The maximum Gasteiger partial charge on any atom is 0.262 e. The Balaban J connectivity index is 2.39. The largest absolute Gasteiger partial charge is 0.294 e. The Morgan fingerprint density at radius 1 is 1.14 bits per heavy atom. The monoisotopic (exact) mass is 285 g/mol. The lowest BCUT2D eigenvalue weighted by Gasteiger charge is -2.29. The van der Waals surface area contributed by atoms with E-state index >= 15 is 0 Å². The fourth-order valence-electron chi connectivity index (χ4n) is 2.34.